The first-order valence-electron chi connectivity index (χ1n) is 8.99. The minimum Gasteiger partial charge on any atom is -0.350 e. The van der Waals surface area contributed by atoms with Crippen molar-refractivity contribution in [1.29, 1.82) is 0 Å². The van der Waals surface area contributed by atoms with E-state index < -0.39 is 0 Å². The minimum atomic E-state index is -0.232. The number of aromatic nitrogens is 1. The molecular weight excluding hydrogens is 389 g/mol. The van der Waals surface area contributed by atoms with Crippen molar-refractivity contribution in [3.8, 4) is 0 Å². The van der Waals surface area contributed by atoms with Crippen molar-refractivity contribution in [2.75, 3.05) is 44.6 Å². The summed E-state index contributed by atoms with van der Waals surface area (Å²) in [6.07, 6.45) is 2.34. The highest BCUT2D eigenvalue weighted by atomic mass is 35.5. The lowest BCUT2D eigenvalue weighted by atomic mass is 10.1. The van der Waals surface area contributed by atoms with Gasteiger partial charge in [-0.3, -0.25) is 19.4 Å². The van der Waals surface area contributed by atoms with Crippen LogP contribution >= 0.6 is 23.2 Å². The Bertz CT molecular complexity index is 678. The van der Waals surface area contributed by atoms with E-state index in [1.54, 1.807) is 0 Å². The first-order chi connectivity index (χ1) is 12.6. The SMILES string of the molecule is CC(C)(C)NC(=O)CN1CCCN(CC(=O)Nc2ncc(Cl)cc2Cl)CC1. The Morgan fingerprint density at radius 1 is 1.07 bits per heavy atom. The van der Waals surface area contributed by atoms with Gasteiger partial charge < -0.3 is 10.6 Å². The van der Waals surface area contributed by atoms with Crippen molar-refractivity contribution in [1.82, 2.24) is 20.1 Å². The number of rotatable bonds is 5. The van der Waals surface area contributed by atoms with Crippen molar-refractivity contribution in [3.05, 3.63) is 22.3 Å². The van der Waals surface area contributed by atoms with Gasteiger partial charge in [-0.1, -0.05) is 23.2 Å². The molecule has 9 heteroatoms. The predicted octanol–water partition coefficient (Wildman–Crippen LogP) is 2.25. The van der Waals surface area contributed by atoms with Gasteiger partial charge in [-0.2, -0.15) is 0 Å². The van der Waals surface area contributed by atoms with Gasteiger partial charge in [0.1, 0.15) is 0 Å². The molecule has 2 amide bonds. The fourth-order valence-electron chi connectivity index (χ4n) is 2.88. The van der Waals surface area contributed by atoms with E-state index >= 15 is 0 Å². The Balaban J connectivity index is 1.80. The van der Waals surface area contributed by atoms with Crippen LogP contribution in [-0.4, -0.2) is 71.4 Å². The first-order valence-corrected chi connectivity index (χ1v) is 9.74. The largest absolute Gasteiger partial charge is 0.350 e. The quantitative estimate of drug-likeness (QED) is 0.770. The van der Waals surface area contributed by atoms with Crippen LogP contribution in [0.3, 0.4) is 0 Å². The number of nitrogens with zero attached hydrogens (tertiary/aromatic N) is 3. The summed E-state index contributed by atoms with van der Waals surface area (Å²) in [5.41, 5.74) is -0.232. The van der Waals surface area contributed by atoms with Gasteiger partial charge in [-0.25, -0.2) is 4.98 Å². The molecule has 150 valence electrons. The van der Waals surface area contributed by atoms with E-state index in [4.69, 9.17) is 23.2 Å². The maximum atomic E-state index is 12.3. The van der Waals surface area contributed by atoms with Crippen molar-refractivity contribution in [3.63, 3.8) is 0 Å². The van der Waals surface area contributed by atoms with Crippen LogP contribution in [0.4, 0.5) is 5.82 Å². The Kier molecular flexibility index (Phi) is 7.85. The van der Waals surface area contributed by atoms with Gasteiger partial charge in [-0.15, -0.1) is 0 Å². The Hall–Kier alpha value is -1.41. The summed E-state index contributed by atoms with van der Waals surface area (Å²) in [5.74, 6) is 0.157. The standard InChI is InChI=1S/C18H27Cl2N5O2/c1-18(2,3)23-16(27)12-25-6-4-5-24(7-8-25)11-15(26)22-17-14(20)9-13(19)10-21-17/h9-10H,4-8,11-12H2,1-3H3,(H,23,27)(H,21,22,26). The zero-order chi connectivity index (χ0) is 20.0. The van der Waals surface area contributed by atoms with Gasteiger partial charge in [0.15, 0.2) is 5.82 Å². The zero-order valence-corrected chi connectivity index (χ0v) is 17.5. The maximum Gasteiger partial charge on any atom is 0.239 e. The van der Waals surface area contributed by atoms with Crippen LogP contribution in [0.15, 0.2) is 12.3 Å². The van der Waals surface area contributed by atoms with Crippen LogP contribution in [0.5, 0.6) is 0 Å². The average molecular weight is 416 g/mol. The molecule has 1 fully saturated rings. The third kappa shape index (κ3) is 8.01. The Morgan fingerprint density at radius 2 is 1.67 bits per heavy atom. The number of carbonyl (C=O) groups is 2. The molecule has 27 heavy (non-hydrogen) atoms. The second kappa shape index (κ2) is 9.68. The highest BCUT2D eigenvalue weighted by Crippen LogP contribution is 2.22. The molecular formula is C18H27Cl2N5O2. The van der Waals surface area contributed by atoms with Crippen LogP contribution < -0.4 is 10.6 Å². The van der Waals surface area contributed by atoms with Gasteiger partial charge in [-0.05, 0) is 46.3 Å². The molecule has 1 aliphatic rings. The average Bonchev–Trinajstić information content (AvgIpc) is 2.73. The third-order valence-corrected chi connectivity index (χ3v) is 4.49. The van der Waals surface area contributed by atoms with Gasteiger partial charge in [0, 0.05) is 24.8 Å². The fourth-order valence-corrected chi connectivity index (χ4v) is 3.31. The lowest BCUT2D eigenvalue weighted by Crippen LogP contribution is -2.46. The molecule has 1 aromatic heterocycles. The van der Waals surface area contributed by atoms with E-state index in [9.17, 15) is 9.59 Å². The minimum absolute atomic E-state index is 0.0251. The first kappa shape index (κ1) is 21.9. The molecule has 1 aromatic rings. The maximum absolute atomic E-state index is 12.3. The summed E-state index contributed by atoms with van der Waals surface area (Å²) < 4.78 is 0. The normalized spacial score (nSPS) is 16.6. The lowest BCUT2D eigenvalue weighted by Gasteiger charge is -2.25. The van der Waals surface area contributed by atoms with E-state index in [2.05, 4.69) is 25.4 Å². The van der Waals surface area contributed by atoms with Gasteiger partial charge in [0.2, 0.25) is 11.8 Å². The predicted molar refractivity (Wildman–Crippen MR) is 108 cm³/mol. The zero-order valence-electron chi connectivity index (χ0n) is 16.0. The van der Waals surface area contributed by atoms with Crippen molar-refractivity contribution in [2.24, 2.45) is 0 Å². The fraction of sp³-hybridized carbons (Fsp3) is 0.611. The topological polar surface area (TPSA) is 77.6 Å². The second-order valence-electron chi connectivity index (χ2n) is 7.74. The summed E-state index contributed by atoms with van der Waals surface area (Å²) in [7, 11) is 0. The highest BCUT2D eigenvalue weighted by molar-refractivity contribution is 6.36. The summed E-state index contributed by atoms with van der Waals surface area (Å²) in [6.45, 7) is 9.63. The summed E-state index contributed by atoms with van der Waals surface area (Å²) in [5, 5.41) is 6.42. The number of amides is 2. The van der Waals surface area contributed by atoms with E-state index in [1.807, 2.05) is 20.8 Å². The van der Waals surface area contributed by atoms with Crippen LogP contribution in [0, 0.1) is 0 Å². The molecule has 0 bridgehead atoms. The lowest BCUT2D eigenvalue weighted by molar-refractivity contribution is -0.123. The van der Waals surface area contributed by atoms with Crippen molar-refractivity contribution >= 4 is 40.8 Å². The molecule has 1 aliphatic heterocycles. The Labute approximate surface area is 170 Å². The summed E-state index contributed by atoms with van der Waals surface area (Å²) >= 11 is 11.8. The summed E-state index contributed by atoms with van der Waals surface area (Å²) in [6, 6.07) is 1.54. The van der Waals surface area contributed by atoms with Crippen LogP contribution in [0.1, 0.15) is 27.2 Å². The molecule has 0 unspecified atom stereocenters. The van der Waals surface area contributed by atoms with Crippen LogP contribution in [0.25, 0.3) is 0 Å². The molecule has 0 atom stereocenters. The van der Waals surface area contributed by atoms with Crippen molar-refractivity contribution in [2.45, 2.75) is 32.7 Å². The number of pyridine rings is 1. The molecule has 2 heterocycles. The molecule has 7 nitrogen and oxygen atoms in total. The number of nitrogens with one attached hydrogen (secondary N) is 2. The Morgan fingerprint density at radius 3 is 2.22 bits per heavy atom. The molecule has 0 spiro atoms. The summed E-state index contributed by atoms with van der Waals surface area (Å²) in [4.78, 5) is 32.6. The van der Waals surface area contributed by atoms with Gasteiger partial charge in [0.05, 0.1) is 23.1 Å². The van der Waals surface area contributed by atoms with Gasteiger partial charge in [0.25, 0.3) is 0 Å². The third-order valence-electron chi connectivity index (χ3n) is 4.00. The van der Waals surface area contributed by atoms with E-state index in [0.717, 1.165) is 32.6 Å². The molecule has 0 radical (unpaired) electrons. The molecule has 1 saturated heterocycles. The monoisotopic (exact) mass is 415 g/mol. The molecule has 2 N–H and O–H groups in total. The number of hydrogen-bond donors (Lipinski definition) is 2. The molecule has 2 rings (SSSR count). The molecule has 0 aliphatic carbocycles. The van der Waals surface area contributed by atoms with E-state index in [0.29, 0.717) is 22.4 Å². The number of carbonyl (C=O) groups excluding carboxylic acids is 2. The number of anilines is 1. The van der Waals surface area contributed by atoms with Crippen molar-refractivity contribution < 1.29 is 9.59 Å². The van der Waals surface area contributed by atoms with E-state index in [-0.39, 0.29) is 23.9 Å². The molecule has 0 saturated carbocycles. The van der Waals surface area contributed by atoms with Crippen LogP contribution in [-0.2, 0) is 9.59 Å². The highest BCUT2D eigenvalue weighted by Gasteiger charge is 2.21. The van der Waals surface area contributed by atoms with Gasteiger partial charge >= 0.3 is 0 Å². The second-order valence-corrected chi connectivity index (χ2v) is 8.58. The van der Waals surface area contributed by atoms with Crippen LogP contribution in [0.2, 0.25) is 10.0 Å². The number of hydrogen-bond acceptors (Lipinski definition) is 5. The number of halogens is 2. The molecule has 0 aromatic carbocycles. The smallest absolute Gasteiger partial charge is 0.239 e. The van der Waals surface area contributed by atoms with E-state index in [1.165, 1.54) is 12.3 Å².